The first kappa shape index (κ1) is 48.7. The number of hydrogen-bond donors (Lipinski definition) is 3. The molecule has 13 heteroatoms. The van der Waals surface area contributed by atoms with Crippen LogP contribution in [-0.4, -0.2) is 110 Å². The number of unbranched alkanes of at least 4 members (excludes halogenated alkanes) is 2. The van der Waals surface area contributed by atoms with Crippen LogP contribution in [0.1, 0.15) is 80.0 Å². The molecule has 1 heterocycles. The molecule has 64 heavy (non-hydrogen) atoms. The molecule has 3 aliphatic rings. The third-order valence-corrected chi connectivity index (χ3v) is 12.6. The molecular weight excluding hydrogens is 817 g/mol. The van der Waals surface area contributed by atoms with Gasteiger partial charge in [0, 0.05) is 37.7 Å². The maximum absolute atomic E-state index is 14.6. The number of amides is 1. The zero-order chi connectivity index (χ0) is 45.3. The number of oxime groups is 1. The van der Waals surface area contributed by atoms with Crippen molar-refractivity contribution in [1.82, 2.24) is 4.90 Å². The van der Waals surface area contributed by atoms with Crippen molar-refractivity contribution >= 4 is 11.8 Å². The van der Waals surface area contributed by atoms with Gasteiger partial charge in [-0.05, 0) is 111 Å². The number of nitrogens with zero attached hydrogens (tertiary/aromatic N) is 2. The first-order valence-electron chi connectivity index (χ1n) is 23.0. The molecule has 3 aromatic rings. The smallest absolute Gasteiger partial charge is 0.410 e. The number of rotatable bonds is 26. The SMILES string of the molecule is C=CCOC12Oc3ccc(Oc4ccc(C)c(C)c4)cc3C3C(CCCCO)C(CCCCO)C=C(C(=NOCC)CC1N(CCOCCO)C(=O)OCCOCc1ccccc1)C32. The van der Waals surface area contributed by atoms with E-state index in [0.717, 1.165) is 53.7 Å². The van der Waals surface area contributed by atoms with Crippen molar-refractivity contribution < 1.29 is 53.4 Å². The Balaban J connectivity index is 1.48. The molecule has 6 atom stereocenters. The minimum atomic E-state index is -1.48. The number of aryl methyl sites for hydroxylation is 2. The summed E-state index contributed by atoms with van der Waals surface area (Å²) in [4.78, 5) is 22.1. The maximum Gasteiger partial charge on any atom is 0.410 e. The van der Waals surface area contributed by atoms with Gasteiger partial charge in [0.25, 0.3) is 0 Å². The lowest BCUT2D eigenvalue weighted by Crippen LogP contribution is -2.70. The molecule has 0 radical (unpaired) electrons. The van der Waals surface area contributed by atoms with Crippen molar-refractivity contribution in [3.63, 3.8) is 0 Å². The second-order valence-electron chi connectivity index (χ2n) is 16.7. The fourth-order valence-corrected chi connectivity index (χ4v) is 9.51. The number of allylic oxidation sites excluding steroid dienone is 1. The van der Waals surface area contributed by atoms with E-state index in [4.69, 9.17) is 38.4 Å². The van der Waals surface area contributed by atoms with Gasteiger partial charge in [0.05, 0.1) is 51.3 Å². The topological polar surface area (TPSA) is 158 Å². The highest BCUT2D eigenvalue weighted by atomic mass is 16.7. The molecular formula is C51H68N2O11. The van der Waals surface area contributed by atoms with Crippen LogP contribution in [0.2, 0.25) is 0 Å². The minimum Gasteiger partial charge on any atom is -0.459 e. The average molecular weight is 885 g/mol. The molecule has 0 saturated heterocycles. The number of carbonyl (C=O) groups excluding carboxylic acids is 1. The van der Waals surface area contributed by atoms with Crippen LogP contribution >= 0.6 is 0 Å². The van der Waals surface area contributed by atoms with E-state index in [1.807, 2.05) is 61.5 Å². The van der Waals surface area contributed by atoms with Crippen LogP contribution in [0, 0.1) is 31.6 Å². The van der Waals surface area contributed by atoms with Crippen molar-refractivity contribution in [2.45, 2.75) is 90.1 Å². The Kier molecular flexibility index (Phi) is 18.6. The van der Waals surface area contributed by atoms with Gasteiger partial charge in [-0.1, -0.05) is 66.5 Å². The largest absolute Gasteiger partial charge is 0.459 e. The van der Waals surface area contributed by atoms with Gasteiger partial charge >= 0.3 is 6.09 Å². The zero-order valence-corrected chi connectivity index (χ0v) is 37.8. The van der Waals surface area contributed by atoms with Gasteiger partial charge < -0.3 is 48.6 Å². The zero-order valence-electron chi connectivity index (χ0n) is 37.8. The second kappa shape index (κ2) is 24.5. The molecule has 1 amide bonds. The van der Waals surface area contributed by atoms with Crippen LogP contribution in [0.4, 0.5) is 4.79 Å². The summed E-state index contributed by atoms with van der Waals surface area (Å²) >= 11 is 0. The molecule has 13 nitrogen and oxygen atoms in total. The van der Waals surface area contributed by atoms with E-state index >= 15 is 0 Å². The van der Waals surface area contributed by atoms with Crippen LogP contribution in [0.15, 0.2) is 96.2 Å². The lowest BCUT2D eigenvalue weighted by molar-refractivity contribution is -0.256. The van der Waals surface area contributed by atoms with Crippen LogP contribution in [0.5, 0.6) is 17.2 Å². The van der Waals surface area contributed by atoms with Crippen molar-refractivity contribution in [2.24, 2.45) is 22.9 Å². The van der Waals surface area contributed by atoms with E-state index < -0.39 is 23.8 Å². The maximum atomic E-state index is 14.6. The summed E-state index contributed by atoms with van der Waals surface area (Å²) in [7, 11) is 0. The van der Waals surface area contributed by atoms with Crippen molar-refractivity contribution in [1.29, 1.82) is 0 Å². The molecule has 3 aromatic carbocycles. The molecule has 0 bridgehead atoms. The summed E-state index contributed by atoms with van der Waals surface area (Å²) in [6, 6.07) is 21.0. The number of hydrogen-bond acceptors (Lipinski definition) is 12. The predicted molar refractivity (Wildman–Crippen MR) is 245 cm³/mol. The summed E-state index contributed by atoms with van der Waals surface area (Å²) in [5.74, 6) is -0.137. The number of benzene rings is 3. The van der Waals surface area contributed by atoms with Crippen LogP contribution < -0.4 is 9.47 Å². The van der Waals surface area contributed by atoms with Crippen LogP contribution in [-0.2, 0) is 30.4 Å². The lowest BCUT2D eigenvalue weighted by Gasteiger charge is -2.59. The highest BCUT2D eigenvalue weighted by Gasteiger charge is 2.65. The molecule has 6 unspecified atom stereocenters. The molecule has 1 aliphatic heterocycles. The number of aliphatic hydroxyl groups is 3. The Morgan fingerprint density at radius 2 is 1.66 bits per heavy atom. The summed E-state index contributed by atoms with van der Waals surface area (Å²) in [5, 5.41) is 34.2. The van der Waals surface area contributed by atoms with E-state index in [2.05, 4.69) is 38.6 Å². The molecule has 0 aromatic heterocycles. The lowest BCUT2D eigenvalue weighted by atomic mass is 9.55. The highest BCUT2D eigenvalue weighted by Crippen LogP contribution is 2.62. The summed E-state index contributed by atoms with van der Waals surface area (Å²) < 4.78 is 38.6. The first-order valence-corrected chi connectivity index (χ1v) is 23.0. The van der Waals surface area contributed by atoms with Gasteiger partial charge in [-0.15, -0.1) is 6.58 Å². The summed E-state index contributed by atoms with van der Waals surface area (Å²) in [6.45, 7) is 11.3. The van der Waals surface area contributed by atoms with Gasteiger partial charge in [-0.3, -0.25) is 4.90 Å². The fraction of sp³-hybridized carbons (Fsp3) is 0.529. The average Bonchev–Trinajstić information content (AvgIpc) is 3.30. The molecule has 348 valence electrons. The first-order chi connectivity index (χ1) is 31.3. The van der Waals surface area contributed by atoms with Crippen molar-refractivity contribution in [3.8, 4) is 17.2 Å². The Labute approximate surface area is 378 Å². The van der Waals surface area contributed by atoms with E-state index in [-0.39, 0.29) is 83.6 Å². The third-order valence-electron chi connectivity index (χ3n) is 12.6. The van der Waals surface area contributed by atoms with Gasteiger partial charge in [-0.25, -0.2) is 4.79 Å². The van der Waals surface area contributed by atoms with Gasteiger partial charge in [0.2, 0.25) is 5.79 Å². The second-order valence-corrected chi connectivity index (χ2v) is 16.7. The highest BCUT2D eigenvalue weighted by molar-refractivity contribution is 6.03. The van der Waals surface area contributed by atoms with Crippen molar-refractivity contribution in [2.75, 3.05) is 66.0 Å². The predicted octanol–water partition coefficient (Wildman–Crippen LogP) is 8.41. The third kappa shape index (κ3) is 11.9. The fourth-order valence-electron chi connectivity index (χ4n) is 9.51. The van der Waals surface area contributed by atoms with Crippen molar-refractivity contribution in [3.05, 3.63) is 113 Å². The molecule has 6 rings (SSSR count). The molecule has 1 saturated carbocycles. The quantitative estimate of drug-likeness (QED) is 0.0404. The summed E-state index contributed by atoms with van der Waals surface area (Å²) in [6.07, 6.45) is 8.13. The van der Waals surface area contributed by atoms with E-state index in [1.165, 1.54) is 5.56 Å². The van der Waals surface area contributed by atoms with Gasteiger partial charge in [-0.2, -0.15) is 0 Å². The van der Waals surface area contributed by atoms with E-state index in [9.17, 15) is 20.1 Å². The minimum absolute atomic E-state index is 0.000572. The molecule has 3 N–H and O–H groups in total. The Hall–Kier alpha value is -4.76. The number of ether oxygens (including phenoxy) is 6. The Morgan fingerprint density at radius 3 is 2.39 bits per heavy atom. The number of carbonyl (C=O) groups is 1. The number of aliphatic hydroxyl groups excluding tert-OH is 3. The van der Waals surface area contributed by atoms with E-state index in [1.54, 1.807) is 11.0 Å². The van der Waals surface area contributed by atoms with E-state index in [0.29, 0.717) is 43.3 Å². The Morgan fingerprint density at radius 1 is 0.891 bits per heavy atom. The molecule has 1 fully saturated rings. The van der Waals surface area contributed by atoms with Gasteiger partial charge in [0.15, 0.2) is 0 Å². The summed E-state index contributed by atoms with van der Waals surface area (Å²) in [5.41, 5.74) is 5.86. The Bertz CT molecular complexity index is 2010. The van der Waals surface area contributed by atoms with Crippen LogP contribution in [0.25, 0.3) is 0 Å². The monoisotopic (exact) mass is 884 g/mol. The van der Waals surface area contributed by atoms with Crippen LogP contribution in [0.3, 0.4) is 0 Å². The number of fused-ring (bicyclic) bond motifs is 2. The molecule has 2 aliphatic carbocycles. The molecule has 0 spiro atoms. The van der Waals surface area contributed by atoms with Gasteiger partial charge in [0.1, 0.15) is 36.5 Å². The normalized spacial score (nSPS) is 22.8. The standard InChI is InChI=1S/C51H68N2O11/c1-5-26-61-51-47(53(22-27-58-28-25-56)50(57)60-30-29-59-35-38-14-8-7-9-15-38)34-45(52-62-6-2)43-32-39(16-10-12-23-54)42(17-11-13-24-55)48(49(43)51)44-33-41(20-21-46(44)64-51)63-40-19-18-36(3)37(4)31-40/h5,7-9,14-15,18-21,31-33,39,42,47-49,54-56H,1,6,10-13,16-17,22-30,34-35H2,2-4H3.